The van der Waals surface area contributed by atoms with E-state index in [1.165, 1.54) is 12.1 Å². The molecule has 0 amide bonds. The van der Waals surface area contributed by atoms with Gasteiger partial charge in [-0.15, -0.1) is 0 Å². The van der Waals surface area contributed by atoms with Gasteiger partial charge < -0.3 is 5.73 Å². The fraction of sp³-hybridized carbons (Fsp3) is 0. The Hall–Kier alpha value is -2.56. The lowest BCUT2D eigenvalue weighted by Crippen LogP contribution is -1.98. The molecule has 5 nitrogen and oxygen atoms in total. The number of hydrogen-bond donors (Lipinski definition) is 2. The summed E-state index contributed by atoms with van der Waals surface area (Å²) in [6, 6.07) is 10.4. The lowest BCUT2D eigenvalue weighted by molar-refractivity contribution is 0.963. The lowest BCUT2D eigenvalue weighted by atomic mass is 10.2. The third kappa shape index (κ3) is 1.57. The van der Waals surface area contributed by atoms with Gasteiger partial charge in [-0.1, -0.05) is 12.1 Å². The highest BCUT2D eigenvalue weighted by molar-refractivity contribution is 5.72. The number of para-hydroxylation sites is 1. The number of nitrogen functional groups attached to an aromatic ring is 1. The van der Waals surface area contributed by atoms with Crippen LogP contribution < -0.4 is 11.2 Å². The minimum atomic E-state index is -0.0657. The van der Waals surface area contributed by atoms with Crippen LogP contribution in [0.2, 0.25) is 0 Å². The molecule has 17 heavy (non-hydrogen) atoms. The number of aromatic nitrogens is 3. The average molecular weight is 226 g/mol. The zero-order valence-corrected chi connectivity index (χ0v) is 8.92. The van der Waals surface area contributed by atoms with E-state index in [2.05, 4.69) is 10.1 Å². The van der Waals surface area contributed by atoms with Crippen LogP contribution in [0.3, 0.4) is 0 Å². The third-order valence-electron chi connectivity index (χ3n) is 2.57. The number of nitrogens with one attached hydrogen (secondary N) is 1. The highest BCUT2D eigenvalue weighted by atomic mass is 16.1. The van der Waals surface area contributed by atoms with E-state index in [0.29, 0.717) is 17.2 Å². The molecule has 3 aromatic rings. The van der Waals surface area contributed by atoms with E-state index in [4.69, 9.17) is 5.73 Å². The van der Waals surface area contributed by atoms with Crippen molar-refractivity contribution >= 4 is 11.3 Å². The van der Waals surface area contributed by atoms with E-state index in [9.17, 15) is 4.79 Å². The summed E-state index contributed by atoms with van der Waals surface area (Å²) in [5.74, 6) is 0.647. The molecule has 2 heterocycles. The standard InChI is InChI=1S/C12H10N4O/c13-10-4-2-1-3-9(10)12-14-11-7-8(17)5-6-16(11)15-12/h1-7H,13H2,(H,14,15). The van der Waals surface area contributed by atoms with E-state index < -0.39 is 0 Å². The Kier molecular flexibility index (Phi) is 1.98. The van der Waals surface area contributed by atoms with E-state index in [-0.39, 0.29) is 5.43 Å². The molecule has 0 fully saturated rings. The van der Waals surface area contributed by atoms with Gasteiger partial charge in [0.15, 0.2) is 16.9 Å². The number of nitrogens with two attached hydrogens (primary N) is 1. The van der Waals surface area contributed by atoms with Crippen LogP contribution in [0.5, 0.6) is 0 Å². The zero-order chi connectivity index (χ0) is 11.8. The second-order valence-electron chi connectivity index (χ2n) is 3.75. The number of nitrogens with zero attached hydrogens (tertiary/aromatic N) is 2. The maximum absolute atomic E-state index is 11.2. The van der Waals surface area contributed by atoms with Gasteiger partial charge in [-0.2, -0.15) is 0 Å². The Morgan fingerprint density at radius 3 is 2.88 bits per heavy atom. The van der Waals surface area contributed by atoms with E-state index in [1.807, 2.05) is 24.3 Å². The number of benzene rings is 1. The molecular weight excluding hydrogens is 216 g/mol. The third-order valence-corrected chi connectivity index (χ3v) is 2.57. The van der Waals surface area contributed by atoms with Crippen molar-refractivity contribution in [1.29, 1.82) is 0 Å². The van der Waals surface area contributed by atoms with Crippen LogP contribution in [-0.2, 0) is 0 Å². The molecule has 0 saturated heterocycles. The van der Waals surface area contributed by atoms with E-state index in [1.54, 1.807) is 10.7 Å². The van der Waals surface area contributed by atoms with Crippen molar-refractivity contribution in [3.05, 3.63) is 52.8 Å². The summed E-state index contributed by atoms with van der Waals surface area (Å²) >= 11 is 0. The predicted molar refractivity (Wildman–Crippen MR) is 65.7 cm³/mol. The normalized spacial score (nSPS) is 10.8. The molecule has 0 saturated carbocycles. The molecule has 84 valence electrons. The summed E-state index contributed by atoms with van der Waals surface area (Å²) in [6.45, 7) is 0. The Balaban J connectivity index is 2.25. The monoisotopic (exact) mass is 226 g/mol. The molecule has 2 aromatic heterocycles. The van der Waals surface area contributed by atoms with Gasteiger partial charge in [0, 0.05) is 29.6 Å². The Morgan fingerprint density at radius 2 is 2.06 bits per heavy atom. The van der Waals surface area contributed by atoms with Gasteiger partial charge in [0.2, 0.25) is 0 Å². The van der Waals surface area contributed by atoms with Gasteiger partial charge in [0.25, 0.3) is 0 Å². The fourth-order valence-corrected chi connectivity index (χ4v) is 1.74. The molecule has 0 aliphatic rings. The first kappa shape index (κ1) is 9.65. The van der Waals surface area contributed by atoms with Crippen LogP contribution in [0.4, 0.5) is 5.69 Å². The first-order valence-electron chi connectivity index (χ1n) is 5.17. The van der Waals surface area contributed by atoms with Crippen molar-refractivity contribution in [2.75, 3.05) is 5.73 Å². The van der Waals surface area contributed by atoms with Crippen molar-refractivity contribution in [3.8, 4) is 11.4 Å². The highest BCUT2D eigenvalue weighted by Gasteiger charge is 2.06. The summed E-state index contributed by atoms with van der Waals surface area (Å²) in [5.41, 5.74) is 7.86. The topological polar surface area (TPSA) is 76.2 Å². The maximum atomic E-state index is 11.2. The summed E-state index contributed by atoms with van der Waals surface area (Å²) < 4.78 is 1.68. The van der Waals surface area contributed by atoms with Crippen LogP contribution in [0, 0.1) is 0 Å². The molecule has 0 aliphatic heterocycles. The summed E-state index contributed by atoms with van der Waals surface area (Å²) in [7, 11) is 0. The summed E-state index contributed by atoms with van der Waals surface area (Å²) in [6.07, 6.45) is 1.65. The van der Waals surface area contributed by atoms with Gasteiger partial charge >= 0.3 is 0 Å². The Labute approximate surface area is 96.5 Å². The first-order valence-corrected chi connectivity index (χ1v) is 5.17. The number of H-pyrrole nitrogens is 1. The smallest absolute Gasteiger partial charge is 0.183 e. The van der Waals surface area contributed by atoms with E-state index in [0.717, 1.165) is 5.56 Å². The molecule has 1 aromatic carbocycles. The number of anilines is 1. The highest BCUT2D eigenvalue weighted by Crippen LogP contribution is 2.22. The van der Waals surface area contributed by atoms with Crippen molar-refractivity contribution in [2.45, 2.75) is 0 Å². The minimum absolute atomic E-state index is 0.0657. The summed E-state index contributed by atoms with van der Waals surface area (Å²) in [4.78, 5) is 15.5. The van der Waals surface area contributed by atoms with Crippen LogP contribution >= 0.6 is 0 Å². The SMILES string of the molecule is Nc1ccccc1-c1nc2cc(=O)ccn2[nH]1. The average Bonchev–Trinajstić information content (AvgIpc) is 2.72. The van der Waals surface area contributed by atoms with Gasteiger partial charge in [-0.25, -0.2) is 9.50 Å². The van der Waals surface area contributed by atoms with Crippen molar-refractivity contribution in [1.82, 2.24) is 14.6 Å². The molecule has 0 bridgehead atoms. The molecule has 0 radical (unpaired) electrons. The first-order chi connectivity index (χ1) is 8.24. The van der Waals surface area contributed by atoms with E-state index >= 15 is 0 Å². The molecule has 5 heteroatoms. The van der Waals surface area contributed by atoms with Gasteiger partial charge in [0.1, 0.15) is 0 Å². The lowest BCUT2D eigenvalue weighted by Gasteiger charge is -1.99. The zero-order valence-electron chi connectivity index (χ0n) is 8.92. The number of aromatic amines is 1. The van der Waals surface area contributed by atoms with Crippen molar-refractivity contribution in [2.24, 2.45) is 0 Å². The second kappa shape index (κ2) is 3.48. The predicted octanol–water partition coefficient (Wildman–Crippen LogP) is 1.27. The largest absolute Gasteiger partial charge is 0.398 e. The van der Waals surface area contributed by atoms with Crippen molar-refractivity contribution in [3.63, 3.8) is 0 Å². The molecule has 0 unspecified atom stereocenters. The van der Waals surface area contributed by atoms with Crippen molar-refractivity contribution < 1.29 is 0 Å². The summed E-state index contributed by atoms with van der Waals surface area (Å²) in [5, 5.41) is 3.07. The molecule has 0 spiro atoms. The van der Waals surface area contributed by atoms with Crippen LogP contribution in [-0.4, -0.2) is 14.6 Å². The molecule has 3 rings (SSSR count). The second-order valence-corrected chi connectivity index (χ2v) is 3.75. The number of hydrogen-bond acceptors (Lipinski definition) is 3. The maximum Gasteiger partial charge on any atom is 0.183 e. The minimum Gasteiger partial charge on any atom is -0.398 e. The number of fused-ring (bicyclic) bond motifs is 1. The van der Waals surface area contributed by atoms with Gasteiger partial charge in [0.05, 0.1) is 0 Å². The van der Waals surface area contributed by atoms with Crippen LogP contribution in [0.1, 0.15) is 0 Å². The molecular formula is C12H10N4O. The van der Waals surface area contributed by atoms with Crippen LogP contribution in [0.25, 0.3) is 17.0 Å². The number of rotatable bonds is 1. The molecule has 0 aliphatic carbocycles. The fourth-order valence-electron chi connectivity index (χ4n) is 1.74. The Morgan fingerprint density at radius 1 is 1.24 bits per heavy atom. The Bertz CT molecular complexity index is 741. The van der Waals surface area contributed by atoms with Gasteiger partial charge in [-0.3, -0.25) is 9.89 Å². The van der Waals surface area contributed by atoms with Crippen LogP contribution in [0.15, 0.2) is 47.4 Å². The quantitative estimate of drug-likeness (QED) is 0.613. The molecule has 3 N–H and O–H groups in total. The number of pyridine rings is 1. The van der Waals surface area contributed by atoms with Gasteiger partial charge in [-0.05, 0) is 12.1 Å². The molecule has 0 atom stereocenters.